The second kappa shape index (κ2) is 7.20. The summed E-state index contributed by atoms with van der Waals surface area (Å²) in [5, 5.41) is 1.09. The van der Waals surface area contributed by atoms with E-state index in [2.05, 4.69) is 34.1 Å². The summed E-state index contributed by atoms with van der Waals surface area (Å²) in [4.78, 5) is 23.4. The van der Waals surface area contributed by atoms with E-state index >= 15 is 0 Å². The van der Waals surface area contributed by atoms with E-state index in [1.807, 2.05) is 35.8 Å². The highest BCUT2D eigenvalue weighted by molar-refractivity contribution is 5.93. The first kappa shape index (κ1) is 17.7. The lowest BCUT2D eigenvalue weighted by atomic mass is 10.1. The Kier molecular flexibility index (Phi) is 4.39. The second-order valence-corrected chi connectivity index (χ2v) is 7.24. The van der Waals surface area contributed by atoms with Crippen LogP contribution < -0.4 is 9.64 Å². The van der Waals surface area contributed by atoms with E-state index < -0.39 is 0 Å². The van der Waals surface area contributed by atoms with E-state index in [1.54, 1.807) is 6.33 Å². The number of imidazole rings is 1. The van der Waals surface area contributed by atoms with Gasteiger partial charge in [0.2, 0.25) is 0 Å². The van der Waals surface area contributed by atoms with Crippen LogP contribution in [0.4, 0.5) is 5.69 Å². The fraction of sp³-hybridized carbons (Fsp3) is 0.261. The van der Waals surface area contributed by atoms with Crippen molar-refractivity contribution in [2.75, 3.05) is 24.6 Å². The van der Waals surface area contributed by atoms with Crippen LogP contribution in [-0.2, 0) is 4.79 Å². The van der Waals surface area contributed by atoms with E-state index in [0.717, 1.165) is 52.3 Å². The predicted molar refractivity (Wildman–Crippen MR) is 114 cm³/mol. The van der Waals surface area contributed by atoms with Crippen molar-refractivity contribution in [2.24, 2.45) is 0 Å². The van der Waals surface area contributed by atoms with Gasteiger partial charge in [-0.2, -0.15) is 0 Å². The Balaban J connectivity index is 1.58. The number of hydrogen-bond donors (Lipinski definition) is 0. The molecule has 3 heterocycles. The lowest BCUT2D eigenvalue weighted by Gasteiger charge is -2.28. The summed E-state index contributed by atoms with van der Waals surface area (Å²) in [5.41, 5.74) is 3.90. The number of ketones is 1. The minimum Gasteiger partial charge on any atom is -0.494 e. The highest BCUT2D eigenvalue weighted by Crippen LogP contribution is 2.29. The number of fused-ring (bicyclic) bond motifs is 2. The first-order valence-corrected chi connectivity index (χ1v) is 9.99. The first-order valence-electron chi connectivity index (χ1n) is 9.99. The van der Waals surface area contributed by atoms with Gasteiger partial charge >= 0.3 is 0 Å². The molecule has 6 heteroatoms. The number of carbonyl (C=O) groups excluding carboxylic acids is 1. The molecule has 1 aliphatic rings. The van der Waals surface area contributed by atoms with Gasteiger partial charge in [0.15, 0.2) is 0 Å². The summed E-state index contributed by atoms with van der Waals surface area (Å²) in [6.45, 7) is 4.09. The van der Waals surface area contributed by atoms with E-state index in [-0.39, 0.29) is 0 Å². The molecule has 0 unspecified atom stereocenters. The molecule has 5 rings (SSSR count). The largest absolute Gasteiger partial charge is 0.494 e. The first-order chi connectivity index (χ1) is 14.2. The molecular formula is C23H22N4O2. The molecule has 2 aromatic heterocycles. The van der Waals surface area contributed by atoms with Crippen molar-refractivity contribution in [3.8, 4) is 11.6 Å². The number of carbonyl (C=O) groups is 1. The molecule has 6 nitrogen and oxygen atoms in total. The van der Waals surface area contributed by atoms with E-state index in [9.17, 15) is 4.79 Å². The number of aromatic nitrogens is 3. The van der Waals surface area contributed by atoms with Gasteiger partial charge in [0.25, 0.3) is 0 Å². The zero-order chi connectivity index (χ0) is 19.8. The van der Waals surface area contributed by atoms with Crippen LogP contribution in [-0.4, -0.2) is 40.0 Å². The van der Waals surface area contributed by atoms with Crippen LogP contribution in [0, 0.1) is 0 Å². The SMILES string of the molecule is CCOc1ccc2c(c1)ncn2-c1ccc2cccc(N3CCC(=O)CC3)c2n1. The van der Waals surface area contributed by atoms with Gasteiger partial charge in [-0.25, -0.2) is 9.97 Å². The summed E-state index contributed by atoms with van der Waals surface area (Å²) in [6, 6.07) is 16.3. The molecular weight excluding hydrogens is 364 g/mol. The molecule has 0 radical (unpaired) electrons. The van der Waals surface area contributed by atoms with Crippen molar-refractivity contribution < 1.29 is 9.53 Å². The zero-order valence-corrected chi connectivity index (χ0v) is 16.3. The second-order valence-electron chi connectivity index (χ2n) is 7.24. The van der Waals surface area contributed by atoms with Gasteiger partial charge in [0, 0.05) is 37.4 Å². The van der Waals surface area contributed by atoms with Crippen molar-refractivity contribution in [1.29, 1.82) is 0 Å². The molecule has 0 atom stereocenters. The van der Waals surface area contributed by atoms with Crippen molar-refractivity contribution in [2.45, 2.75) is 19.8 Å². The predicted octanol–water partition coefficient (Wildman–Crippen LogP) is 4.14. The Bertz CT molecular complexity index is 1200. The summed E-state index contributed by atoms with van der Waals surface area (Å²) in [7, 11) is 0. The van der Waals surface area contributed by atoms with Gasteiger partial charge < -0.3 is 9.64 Å². The number of para-hydroxylation sites is 1. The lowest BCUT2D eigenvalue weighted by Crippen LogP contribution is -2.33. The van der Waals surface area contributed by atoms with Crippen LogP contribution in [0.3, 0.4) is 0 Å². The number of hydrogen-bond acceptors (Lipinski definition) is 5. The van der Waals surface area contributed by atoms with E-state index in [4.69, 9.17) is 9.72 Å². The van der Waals surface area contributed by atoms with Gasteiger partial charge in [-0.3, -0.25) is 9.36 Å². The van der Waals surface area contributed by atoms with Crippen molar-refractivity contribution >= 4 is 33.4 Å². The Hall–Kier alpha value is -3.41. The maximum Gasteiger partial charge on any atom is 0.139 e. The Morgan fingerprint density at radius 1 is 1.07 bits per heavy atom. The van der Waals surface area contributed by atoms with Crippen LogP contribution in [0.2, 0.25) is 0 Å². The molecule has 1 aliphatic heterocycles. The van der Waals surface area contributed by atoms with Crippen molar-refractivity contribution in [3.63, 3.8) is 0 Å². The summed E-state index contributed by atoms with van der Waals surface area (Å²) >= 11 is 0. The molecule has 146 valence electrons. The maximum atomic E-state index is 11.6. The minimum atomic E-state index is 0.339. The molecule has 1 saturated heterocycles. The smallest absolute Gasteiger partial charge is 0.139 e. The van der Waals surface area contributed by atoms with Crippen LogP contribution in [0.5, 0.6) is 5.75 Å². The number of pyridine rings is 1. The fourth-order valence-corrected chi connectivity index (χ4v) is 3.94. The molecule has 4 aromatic rings. The van der Waals surface area contributed by atoms with Crippen molar-refractivity contribution in [1.82, 2.24) is 14.5 Å². The maximum absolute atomic E-state index is 11.6. The molecule has 1 fully saturated rings. The third kappa shape index (κ3) is 3.20. The van der Waals surface area contributed by atoms with Gasteiger partial charge in [0.05, 0.1) is 28.8 Å². The average molecular weight is 386 g/mol. The quantitative estimate of drug-likeness (QED) is 0.527. The fourth-order valence-electron chi connectivity index (χ4n) is 3.94. The number of anilines is 1. The Labute approximate surface area is 168 Å². The van der Waals surface area contributed by atoms with Gasteiger partial charge in [-0.1, -0.05) is 12.1 Å². The molecule has 29 heavy (non-hydrogen) atoms. The number of piperidine rings is 1. The van der Waals surface area contributed by atoms with Crippen LogP contribution in [0.1, 0.15) is 19.8 Å². The van der Waals surface area contributed by atoms with Crippen LogP contribution in [0.15, 0.2) is 54.9 Å². The third-order valence-electron chi connectivity index (χ3n) is 5.42. The number of Topliss-reactive ketones (excluding diaryl/α,β-unsaturated/α-hetero) is 1. The molecule has 0 spiro atoms. The molecule has 0 amide bonds. The van der Waals surface area contributed by atoms with Crippen LogP contribution in [0.25, 0.3) is 27.8 Å². The van der Waals surface area contributed by atoms with Gasteiger partial charge in [-0.15, -0.1) is 0 Å². The Morgan fingerprint density at radius 3 is 2.76 bits per heavy atom. The van der Waals surface area contributed by atoms with E-state index in [1.165, 1.54) is 0 Å². The molecule has 0 aliphatic carbocycles. The van der Waals surface area contributed by atoms with Gasteiger partial charge in [0.1, 0.15) is 23.7 Å². The van der Waals surface area contributed by atoms with Crippen LogP contribution >= 0.6 is 0 Å². The third-order valence-corrected chi connectivity index (χ3v) is 5.42. The molecule has 0 N–H and O–H groups in total. The summed E-state index contributed by atoms with van der Waals surface area (Å²) < 4.78 is 7.58. The minimum absolute atomic E-state index is 0.339. The lowest BCUT2D eigenvalue weighted by molar-refractivity contribution is -0.119. The number of benzene rings is 2. The highest BCUT2D eigenvalue weighted by Gasteiger charge is 2.19. The van der Waals surface area contributed by atoms with E-state index in [0.29, 0.717) is 25.2 Å². The topological polar surface area (TPSA) is 60.2 Å². The zero-order valence-electron chi connectivity index (χ0n) is 16.3. The standard InChI is InChI=1S/C23H22N4O2/c1-2-29-18-7-8-20-19(14-18)24-15-27(20)22-9-6-16-4-3-5-21(23(16)25-22)26-12-10-17(28)11-13-26/h3-9,14-15H,2,10-13H2,1H3. The number of rotatable bonds is 4. The normalized spacial score (nSPS) is 14.7. The molecule has 0 bridgehead atoms. The Morgan fingerprint density at radius 2 is 1.93 bits per heavy atom. The molecule has 2 aromatic carbocycles. The summed E-state index contributed by atoms with van der Waals surface area (Å²) in [6.07, 6.45) is 3.01. The number of nitrogens with zero attached hydrogens (tertiary/aromatic N) is 4. The highest BCUT2D eigenvalue weighted by atomic mass is 16.5. The van der Waals surface area contributed by atoms with Gasteiger partial charge in [-0.05, 0) is 37.3 Å². The monoisotopic (exact) mass is 386 g/mol. The molecule has 0 saturated carbocycles. The average Bonchev–Trinajstić information content (AvgIpc) is 3.17. The van der Waals surface area contributed by atoms with Crippen molar-refractivity contribution in [3.05, 3.63) is 54.9 Å². The summed E-state index contributed by atoms with van der Waals surface area (Å²) in [5.74, 6) is 1.98. The number of ether oxygens (including phenoxy) is 1.